The summed E-state index contributed by atoms with van der Waals surface area (Å²) in [4.78, 5) is 85.8. The summed E-state index contributed by atoms with van der Waals surface area (Å²) >= 11 is 0. The molecule has 0 rings (SSSR count). The lowest BCUT2D eigenvalue weighted by molar-refractivity contribution is -0.152. The lowest BCUT2D eigenvalue weighted by Crippen LogP contribution is -2.52. The highest BCUT2D eigenvalue weighted by Gasteiger charge is 2.30. The minimum Gasteiger partial charge on any atom is -0.461 e. The second-order valence-electron chi connectivity index (χ2n) is 9.45. The lowest BCUT2D eigenvalue weighted by Gasteiger charge is -2.23. The maximum Gasteiger partial charge on any atom is 0.328 e. The van der Waals surface area contributed by atoms with Gasteiger partial charge in [0.05, 0.1) is 31.5 Å². The number of esters is 2. The second-order valence-corrected chi connectivity index (χ2v) is 9.45. The van der Waals surface area contributed by atoms with Gasteiger partial charge in [0.2, 0.25) is 17.7 Å². The molecule has 0 aliphatic rings. The molecule has 15 nitrogen and oxygen atoms in total. The van der Waals surface area contributed by atoms with E-state index >= 15 is 0 Å². The van der Waals surface area contributed by atoms with Gasteiger partial charge in [0.15, 0.2) is 5.78 Å². The molecule has 0 heterocycles. The van der Waals surface area contributed by atoms with Crippen molar-refractivity contribution in [1.82, 2.24) is 16.0 Å². The zero-order valence-electron chi connectivity index (χ0n) is 23.4. The first kappa shape index (κ1) is 36.3. The standard InChI is InChI=1S/C25H42N6O9/c1-14(2)39-24(37)19(30-22(35)13-28)9-10-21(34)29-18(7-5-16(32)11-26)23(36)31-20(8-6-17(33)12-27)25(38)40-15(3)4/h12,14-15,18-20,27H,5-11,13,26,28H2,1-4H3,(H,29,34)(H,30,35)(H,31,36). The number of hydrogen-bond acceptors (Lipinski definition) is 12. The van der Waals surface area contributed by atoms with Gasteiger partial charge in [-0.15, -0.1) is 0 Å². The van der Waals surface area contributed by atoms with E-state index in [4.69, 9.17) is 26.4 Å². The Labute approximate surface area is 233 Å². The fourth-order valence-corrected chi connectivity index (χ4v) is 3.23. The van der Waals surface area contributed by atoms with Crippen LogP contribution in [0.3, 0.4) is 0 Å². The van der Waals surface area contributed by atoms with Crippen LogP contribution in [-0.4, -0.2) is 90.9 Å². The Kier molecular flexibility index (Phi) is 17.6. The number of rotatable bonds is 20. The van der Waals surface area contributed by atoms with Crippen molar-refractivity contribution in [1.29, 1.82) is 5.41 Å². The molecule has 0 radical (unpaired) electrons. The summed E-state index contributed by atoms with van der Waals surface area (Å²) in [6, 6.07) is -3.71. The Morgan fingerprint density at radius 2 is 1.15 bits per heavy atom. The predicted molar refractivity (Wildman–Crippen MR) is 143 cm³/mol. The molecule has 0 saturated carbocycles. The molecule has 0 aromatic heterocycles. The minimum absolute atomic E-state index is 0.151. The molecule has 0 spiro atoms. The monoisotopic (exact) mass is 570 g/mol. The molecular formula is C25H42N6O9. The van der Waals surface area contributed by atoms with Crippen LogP contribution >= 0.6 is 0 Å². The Morgan fingerprint density at radius 3 is 1.62 bits per heavy atom. The van der Waals surface area contributed by atoms with Crippen LogP contribution in [0.15, 0.2) is 0 Å². The molecule has 0 aromatic rings. The van der Waals surface area contributed by atoms with Gasteiger partial charge in [0.1, 0.15) is 23.9 Å². The molecule has 3 atom stereocenters. The lowest BCUT2D eigenvalue weighted by atomic mass is 10.0. The Morgan fingerprint density at radius 1 is 0.675 bits per heavy atom. The summed E-state index contributed by atoms with van der Waals surface area (Å²) in [5.74, 6) is -4.67. The van der Waals surface area contributed by atoms with Crippen LogP contribution in [0.1, 0.15) is 66.2 Å². The average molecular weight is 571 g/mol. The van der Waals surface area contributed by atoms with Crippen LogP contribution in [0, 0.1) is 5.41 Å². The van der Waals surface area contributed by atoms with Crippen LogP contribution in [0.2, 0.25) is 0 Å². The molecular weight excluding hydrogens is 528 g/mol. The van der Waals surface area contributed by atoms with Crippen molar-refractivity contribution in [2.45, 2.75) is 96.6 Å². The summed E-state index contributed by atoms with van der Waals surface area (Å²) in [5.41, 5.74) is 10.6. The van der Waals surface area contributed by atoms with E-state index < -0.39 is 65.8 Å². The number of amides is 3. The molecule has 0 aromatic carbocycles. The summed E-state index contributed by atoms with van der Waals surface area (Å²) in [6.45, 7) is 5.76. The summed E-state index contributed by atoms with van der Waals surface area (Å²) < 4.78 is 10.3. The van der Waals surface area contributed by atoms with Gasteiger partial charge in [-0.3, -0.25) is 24.0 Å². The van der Waals surface area contributed by atoms with E-state index in [0.717, 1.165) is 0 Å². The highest BCUT2D eigenvalue weighted by Crippen LogP contribution is 2.08. The second kappa shape index (κ2) is 19.4. The molecule has 0 bridgehead atoms. The van der Waals surface area contributed by atoms with E-state index in [-0.39, 0.29) is 57.4 Å². The Balaban J connectivity index is 5.63. The topological polar surface area (TPSA) is 250 Å². The molecule has 40 heavy (non-hydrogen) atoms. The van der Waals surface area contributed by atoms with Crippen LogP contribution in [0.5, 0.6) is 0 Å². The summed E-state index contributed by atoms with van der Waals surface area (Å²) in [7, 11) is 0. The number of carbonyl (C=O) groups is 7. The number of nitrogens with one attached hydrogen (secondary N) is 4. The van der Waals surface area contributed by atoms with Gasteiger partial charge in [-0.05, 0) is 47.0 Å². The van der Waals surface area contributed by atoms with Crippen molar-refractivity contribution >= 4 is 47.4 Å². The molecule has 0 saturated heterocycles. The highest BCUT2D eigenvalue weighted by molar-refractivity contribution is 6.26. The molecule has 15 heteroatoms. The number of carbonyl (C=O) groups excluding carboxylic acids is 7. The molecule has 8 N–H and O–H groups in total. The number of Topliss-reactive ketones (excluding diaryl/α,β-unsaturated/α-hetero) is 2. The molecule has 226 valence electrons. The minimum atomic E-state index is -1.28. The third kappa shape index (κ3) is 15.6. The maximum atomic E-state index is 13.1. The number of ketones is 2. The first-order chi connectivity index (χ1) is 18.7. The van der Waals surface area contributed by atoms with Crippen LogP contribution in [0.25, 0.3) is 0 Å². The van der Waals surface area contributed by atoms with E-state index in [0.29, 0.717) is 6.21 Å². The van der Waals surface area contributed by atoms with Gasteiger partial charge in [0.25, 0.3) is 0 Å². The maximum absolute atomic E-state index is 13.1. The molecule has 3 unspecified atom stereocenters. The molecule has 0 fully saturated rings. The molecule has 3 amide bonds. The molecule has 0 aliphatic heterocycles. The van der Waals surface area contributed by atoms with E-state index in [2.05, 4.69) is 16.0 Å². The van der Waals surface area contributed by atoms with Crippen LogP contribution < -0.4 is 27.4 Å². The van der Waals surface area contributed by atoms with Gasteiger partial charge in [-0.25, -0.2) is 9.59 Å². The van der Waals surface area contributed by atoms with E-state index in [1.165, 1.54) is 0 Å². The third-order valence-electron chi connectivity index (χ3n) is 5.20. The largest absolute Gasteiger partial charge is 0.461 e. The van der Waals surface area contributed by atoms with Crippen molar-refractivity contribution in [3.63, 3.8) is 0 Å². The average Bonchev–Trinajstić information content (AvgIpc) is 2.89. The van der Waals surface area contributed by atoms with E-state index in [1.54, 1.807) is 27.7 Å². The SMILES string of the molecule is CC(C)OC(=O)C(CCC(=O)NC(CCC(=O)CN)C(=O)NC(CCC(=O)C=N)C(=O)OC(C)C)NC(=O)CN. The third-order valence-corrected chi connectivity index (χ3v) is 5.20. The van der Waals surface area contributed by atoms with Crippen molar-refractivity contribution in [3.05, 3.63) is 0 Å². The predicted octanol–water partition coefficient (Wildman–Crippen LogP) is -1.61. The van der Waals surface area contributed by atoms with Crippen LogP contribution in [-0.2, 0) is 43.0 Å². The van der Waals surface area contributed by atoms with Gasteiger partial charge in [-0.1, -0.05) is 0 Å². The number of ether oxygens (including phenoxy) is 2. The first-order valence-electron chi connectivity index (χ1n) is 13.0. The fraction of sp³-hybridized carbons (Fsp3) is 0.680. The zero-order chi connectivity index (χ0) is 30.8. The fourth-order valence-electron chi connectivity index (χ4n) is 3.23. The Hall–Kier alpha value is -3.72. The first-order valence-corrected chi connectivity index (χ1v) is 13.0. The van der Waals surface area contributed by atoms with Crippen molar-refractivity contribution in [3.8, 4) is 0 Å². The summed E-state index contributed by atoms with van der Waals surface area (Å²) in [5, 5.41) is 14.3. The van der Waals surface area contributed by atoms with Gasteiger partial charge >= 0.3 is 11.9 Å². The van der Waals surface area contributed by atoms with Gasteiger partial charge < -0.3 is 42.3 Å². The normalized spacial score (nSPS) is 13.0. The van der Waals surface area contributed by atoms with Gasteiger partial charge in [0, 0.05) is 19.3 Å². The van der Waals surface area contributed by atoms with Crippen molar-refractivity contribution in [2.75, 3.05) is 13.1 Å². The smallest absolute Gasteiger partial charge is 0.328 e. The summed E-state index contributed by atoms with van der Waals surface area (Å²) in [6.07, 6.45) is -1.57. The van der Waals surface area contributed by atoms with Crippen molar-refractivity contribution in [2.24, 2.45) is 11.5 Å². The molecule has 0 aliphatic carbocycles. The zero-order valence-corrected chi connectivity index (χ0v) is 23.4. The number of hydrogen-bond donors (Lipinski definition) is 6. The quantitative estimate of drug-likeness (QED) is 0.0717. The number of nitrogens with two attached hydrogens (primary N) is 2. The van der Waals surface area contributed by atoms with E-state index in [1.807, 2.05) is 0 Å². The Bertz CT molecular complexity index is 922. The van der Waals surface area contributed by atoms with Crippen molar-refractivity contribution < 1.29 is 43.0 Å². The van der Waals surface area contributed by atoms with E-state index in [9.17, 15) is 33.6 Å². The highest BCUT2D eigenvalue weighted by atomic mass is 16.5. The van der Waals surface area contributed by atoms with Crippen LogP contribution in [0.4, 0.5) is 0 Å². The van der Waals surface area contributed by atoms with Gasteiger partial charge in [-0.2, -0.15) is 0 Å².